The first-order valence-corrected chi connectivity index (χ1v) is 19.0. The van der Waals surface area contributed by atoms with Gasteiger partial charge in [-0.25, -0.2) is 14.6 Å². The number of unbranched alkanes of at least 4 members (excludes halogenated alkanes) is 3. The Hall–Kier alpha value is -6.09. The number of hydrogen-bond acceptors (Lipinski definition) is 12. The summed E-state index contributed by atoms with van der Waals surface area (Å²) in [6, 6.07) is 11.3. The monoisotopic (exact) mass is 784 g/mol. The number of hydrogen-bond donors (Lipinski definition) is 5. The number of rotatable bonds is 20. The van der Waals surface area contributed by atoms with Crippen LogP contribution in [0.2, 0.25) is 0 Å². The Bertz CT molecular complexity index is 1940. The zero-order valence-electron chi connectivity index (χ0n) is 32.9. The second-order valence-electron chi connectivity index (χ2n) is 14.1. The van der Waals surface area contributed by atoms with Crippen LogP contribution in [0.3, 0.4) is 0 Å². The van der Waals surface area contributed by atoms with Crippen LogP contribution < -0.4 is 26.4 Å². The number of aromatic nitrogens is 1. The highest BCUT2D eigenvalue weighted by Crippen LogP contribution is 2.35. The third-order valence-electron chi connectivity index (χ3n) is 9.00. The molecule has 0 radical (unpaired) electrons. The highest BCUT2D eigenvalue weighted by Gasteiger charge is 2.27. The zero-order valence-corrected chi connectivity index (χ0v) is 32.9. The Labute approximate surface area is 332 Å². The molecule has 1 atom stereocenters. The predicted octanol–water partition coefficient (Wildman–Crippen LogP) is 6.46. The topological polar surface area (TPSA) is 221 Å². The first-order valence-electron chi connectivity index (χ1n) is 19.0. The molecule has 304 valence electrons. The minimum absolute atomic E-state index is 0.0663. The summed E-state index contributed by atoms with van der Waals surface area (Å²) in [6.45, 7) is 9.68. The Morgan fingerprint density at radius 2 is 1.70 bits per heavy atom. The van der Waals surface area contributed by atoms with Gasteiger partial charge in [0, 0.05) is 40.0 Å². The van der Waals surface area contributed by atoms with Crippen LogP contribution >= 0.6 is 0 Å². The van der Waals surface area contributed by atoms with E-state index >= 15 is 0 Å². The number of nitrogens with zero attached hydrogens (tertiary/aromatic N) is 1. The van der Waals surface area contributed by atoms with E-state index in [2.05, 4.69) is 34.4 Å². The maximum absolute atomic E-state index is 14.0. The second kappa shape index (κ2) is 21.3. The molecule has 1 aromatic heterocycles. The summed E-state index contributed by atoms with van der Waals surface area (Å²) < 4.78 is 21.2. The average molecular weight is 785 g/mol. The van der Waals surface area contributed by atoms with Crippen LogP contribution in [-0.4, -0.2) is 73.8 Å². The molecule has 1 fully saturated rings. The number of nitrogens with one attached hydrogen (secondary N) is 4. The fourth-order valence-corrected chi connectivity index (χ4v) is 5.69. The van der Waals surface area contributed by atoms with Gasteiger partial charge in [0.05, 0.1) is 13.7 Å². The first kappa shape index (κ1) is 43.6. The lowest BCUT2D eigenvalue weighted by Gasteiger charge is -2.17. The van der Waals surface area contributed by atoms with Gasteiger partial charge in [-0.3, -0.25) is 25.1 Å². The second-order valence-corrected chi connectivity index (χ2v) is 14.1. The zero-order chi connectivity index (χ0) is 41.5. The van der Waals surface area contributed by atoms with Crippen LogP contribution in [0, 0.1) is 17.2 Å². The number of pyridine rings is 1. The van der Waals surface area contributed by atoms with Gasteiger partial charge in [0.1, 0.15) is 23.3 Å². The summed E-state index contributed by atoms with van der Waals surface area (Å²) in [6.07, 6.45) is 6.96. The van der Waals surface area contributed by atoms with Crippen molar-refractivity contribution in [2.45, 2.75) is 71.8 Å². The van der Waals surface area contributed by atoms with Crippen LogP contribution in [0.25, 0.3) is 17.2 Å². The minimum atomic E-state index is -1.03. The fourth-order valence-electron chi connectivity index (χ4n) is 5.69. The molecule has 2 aromatic carbocycles. The summed E-state index contributed by atoms with van der Waals surface area (Å²) in [5.74, 6) is -2.21. The van der Waals surface area contributed by atoms with Gasteiger partial charge >= 0.3 is 18.0 Å². The van der Waals surface area contributed by atoms with Crippen molar-refractivity contribution >= 4 is 47.4 Å². The third kappa shape index (κ3) is 13.0. The average Bonchev–Trinajstić information content (AvgIpc) is 4.03. The van der Waals surface area contributed by atoms with Gasteiger partial charge in [-0.1, -0.05) is 52.7 Å². The van der Waals surface area contributed by atoms with Crippen molar-refractivity contribution in [3.8, 4) is 16.9 Å². The molecule has 0 unspecified atom stereocenters. The van der Waals surface area contributed by atoms with Crippen molar-refractivity contribution in [3.63, 3.8) is 0 Å². The van der Waals surface area contributed by atoms with Gasteiger partial charge in [-0.15, -0.1) is 0 Å². The summed E-state index contributed by atoms with van der Waals surface area (Å²) in [4.78, 5) is 69.7. The van der Waals surface area contributed by atoms with Crippen LogP contribution in [0.1, 0.15) is 108 Å². The molecule has 57 heavy (non-hydrogen) atoms. The van der Waals surface area contributed by atoms with E-state index in [9.17, 15) is 24.0 Å². The lowest BCUT2D eigenvalue weighted by atomic mass is 9.94. The molecule has 15 nitrogen and oxygen atoms in total. The van der Waals surface area contributed by atoms with Crippen molar-refractivity contribution in [1.29, 1.82) is 5.41 Å². The molecule has 1 saturated carbocycles. The molecule has 3 aromatic rings. The Morgan fingerprint density at radius 1 is 0.965 bits per heavy atom. The van der Waals surface area contributed by atoms with Gasteiger partial charge in [-0.05, 0) is 86.1 Å². The Balaban J connectivity index is 1.61. The van der Waals surface area contributed by atoms with Gasteiger partial charge in [0.2, 0.25) is 6.79 Å². The van der Waals surface area contributed by atoms with Crippen LogP contribution in [0.4, 0.5) is 10.5 Å². The molecule has 15 heteroatoms. The van der Waals surface area contributed by atoms with Crippen LogP contribution in [0.15, 0.2) is 55.1 Å². The predicted molar refractivity (Wildman–Crippen MR) is 215 cm³/mol. The van der Waals surface area contributed by atoms with E-state index in [1.54, 1.807) is 24.3 Å². The number of anilines is 1. The van der Waals surface area contributed by atoms with Crippen molar-refractivity contribution in [1.82, 2.24) is 15.6 Å². The number of amidine groups is 1. The molecule has 3 amide bonds. The highest BCUT2D eigenvalue weighted by molar-refractivity contribution is 6.11. The van der Waals surface area contributed by atoms with E-state index in [0.717, 1.165) is 38.5 Å². The molecule has 0 bridgehead atoms. The quantitative estimate of drug-likeness (QED) is 0.0275. The van der Waals surface area contributed by atoms with E-state index in [4.69, 9.17) is 30.1 Å². The van der Waals surface area contributed by atoms with E-state index in [0.29, 0.717) is 41.4 Å². The molecule has 1 heterocycles. The number of nitrogens with two attached hydrogens (primary N) is 1. The van der Waals surface area contributed by atoms with Crippen LogP contribution in [-0.2, 0) is 19.0 Å². The Morgan fingerprint density at radius 3 is 2.35 bits per heavy atom. The van der Waals surface area contributed by atoms with Crippen molar-refractivity contribution < 1.29 is 42.9 Å². The van der Waals surface area contributed by atoms with Gasteiger partial charge in [0.25, 0.3) is 11.8 Å². The van der Waals surface area contributed by atoms with Crippen molar-refractivity contribution in [2.24, 2.45) is 17.6 Å². The molecule has 1 aliphatic carbocycles. The molecular formula is C42H52N6O9. The number of carbonyl (C=O) groups excluding carboxylic acids is 5. The highest BCUT2D eigenvalue weighted by atomic mass is 16.7. The van der Waals surface area contributed by atoms with E-state index in [1.165, 1.54) is 37.5 Å². The number of alkyl carbamates (subject to hydrolysis) is 1. The maximum Gasteiger partial charge on any atom is 0.412 e. The number of esters is 2. The number of methoxy groups -OCH3 is 1. The smallest absolute Gasteiger partial charge is 0.412 e. The summed E-state index contributed by atoms with van der Waals surface area (Å²) in [7, 11) is 1.44. The normalized spacial score (nSPS) is 12.5. The molecule has 0 spiro atoms. The van der Waals surface area contributed by atoms with Crippen molar-refractivity contribution in [2.75, 3.05) is 32.4 Å². The van der Waals surface area contributed by atoms with Crippen LogP contribution in [0.5, 0.6) is 5.75 Å². The number of amides is 3. The Kier molecular flexibility index (Phi) is 16.3. The summed E-state index contributed by atoms with van der Waals surface area (Å²) in [5, 5.41) is 16.3. The molecule has 1 aliphatic rings. The van der Waals surface area contributed by atoms with E-state index < -0.39 is 42.7 Å². The molecule has 6 N–H and O–H groups in total. The number of ether oxygens (including phenoxy) is 4. The van der Waals surface area contributed by atoms with E-state index in [1.807, 2.05) is 13.8 Å². The molecular weight excluding hydrogens is 732 g/mol. The molecule has 0 aliphatic heterocycles. The standard InChI is InChI=1S/C42H52N6O9/c1-6-8-9-10-19-55-42(53)48-37(44)28-13-15-29(16-14-28)46-38(49)32-21-27(7-2)35(54-5)22-31(32)30-17-18-34(39(50)45-23-26-11-12-26)47-36(30)41(52)57-24-56-40(51)33(43)20-25(3)4/h7,13-18,21-22,25-26,33H,2,6,8-12,19-20,23-24,43H2,1,3-5H3,(H,45,50)(H,46,49)(H2,44,48,53)/t33-/m0/s1. The lowest BCUT2D eigenvalue weighted by molar-refractivity contribution is -0.154. The molecule has 0 saturated heterocycles. The number of benzene rings is 2. The third-order valence-corrected chi connectivity index (χ3v) is 9.00. The maximum atomic E-state index is 14.0. The molecule has 4 rings (SSSR count). The van der Waals surface area contributed by atoms with Gasteiger partial charge in [-0.2, -0.15) is 0 Å². The minimum Gasteiger partial charge on any atom is -0.496 e. The van der Waals surface area contributed by atoms with Gasteiger partial charge < -0.3 is 35.3 Å². The SMILES string of the molecule is C=Cc1cc(C(=O)Nc2ccc(C(=N)NC(=O)OCCCCCC)cc2)c(-c2ccc(C(=O)NCC3CC3)nc2C(=O)OCOC(=O)[C@@H](N)CC(C)C)cc1OC. The summed E-state index contributed by atoms with van der Waals surface area (Å²) >= 11 is 0. The fraction of sp³-hybridized carbons (Fsp3) is 0.405. The lowest BCUT2D eigenvalue weighted by Crippen LogP contribution is -2.34. The largest absolute Gasteiger partial charge is 0.496 e. The summed E-state index contributed by atoms with van der Waals surface area (Å²) in [5.41, 5.74) is 7.12. The van der Waals surface area contributed by atoms with Gasteiger partial charge in [0.15, 0.2) is 5.69 Å². The van der Waals surface area contributed by atoms with Crippen molar-refractivity contribution in [3.05, 3.63) is 83.2 Å². The first-order chi connectivity index (χ1) is 27.3. The number of carbonyl (C=O) groups is 5. The van der Waals surface area contributed by atoms with E-state index in [-0.39, 0.29) is 46.4 Å².